The van der Waals surface area contributed by atoms with Crippen LogP contribution < -0.4 is 0 Å². The first-order valence-electron chi connectivity index (χ1n) is 5.81. The molecule has 0 aliphatic carbocycles. The van der Waals surface area contributed by atoms with Crippen molar-refractivity contribution in [2.24, 2.45) is 5.92 Å². The maximum atomic E-state index is 13.5. The third-order valence-corrected chi connectivity index (χ3v) is 2.63. The summed E-state index contributed by atoms with van der Waals surface area (Å²) in [5, 5.41) is 9.16. The van der Waals surface area contributed by atoms with Crippen molar-refractivity contribution >= 4 is 11.5 Å². The molecule has 0 fully saturated rings. The van der Waals surface area contributed by atoms with Gasteiger partial charge in [-0.05, 0) is 24.1 Å². The number of halogens is 2. The fraction of sp³-hybridized carbons (Fsp3) is 0.357. The molecule has 5 heteroatoms. The van der Waals surface area contributed by atoms with Crippen molar-refractivity contribution in [2.45, 2.75) is 13.3 Å². The predicted molar refractivity (Wildman–Crippen MR) is 67.2 cm³/mol. The highest BCUT2D eigenvalue weighted by atomic mass is 19.1. The molecular weight excluding hydrogens is 254 g/mol. The predicted octanol–water partition coefficient (Wildman–Crippen LogP) is 2.54. The van der Waals surface area contributed by atoms with Crippen LogP contribution in [-0.4, -0.2) is 24.3 Å². The van der Waals surface area contributed by atoms with E-state index in [4.69, 9.17) is 9.84 Å². The van der Waals surface area contributed by atoms with E-state index in [9.17, 15) is 13.6 Å². The normalized spacial score (nSPS) is 12.0. The van der Waals surface area contributed by atoms with E-state index in [2.05, 4.69) is 6.58 Å². The molecule has 0 unspecified atom stereocenters. The molecule has 0 radical (unpaired) electrons. The fourth-order valence-corrected chi connectivity index (χ4v) is 1.65. The lowest BCUT2D eigenvalue weighted by Crippen LogP contribution is -2.16. The Morgan fingerprint density at radius 1 is 1.47 bits per heavy atom. The number of hydrogen-bond donors (Lipinski definition) is 1. The van der Waals surface area contributed by atoms with Gasteiger partial charge in [-0.25, -0.2) is 8.78 Å². The Bertz CT molecular complexity index is 472. The summed E-state index contributed by atoms with van der Waals surface area (Å²) in [6.45, 7) is 4.81. The van der Waals surface area contributed by atoms with Crippen LogP contribution in [0.2, 0.25) is 0 Å². The summed E-state index contributed by atoms with van der Waals surface area (Å²) in [5.41, 5.74) is 0.617. The lowest BCUT2D eigenvalue weighted by Gasteiger charge is -2.16. The number of rotatable bonds is 6. The zero-order valence-corrected chi connectivity index (χ0v) is 10.7. The van der Waals surface area contributed by atoms with Gasteiger partial charge in [0, 0.05) is 31.1 Å². The minimum atomic E-state index is -0.700. The van der Waals surface area contributed by atoms with Crippen molar-refractivity contribution in [2.75, 3.05) is 13.2 Å². The van der Waals surface area contributed by atoms with Crippen LogP contribution >= 0.6 is 0 Å². The Balaban J connectivity index is 2.69. The number of carbonyl (C=O) groups excluding carboxylic acids is 1. The third-order valence-electron chi connectivity index (χ3n) is 2.63. The van der Waals surface area contributed by atoms with Crippen LogP contribution in [0.15, 0.2) is 24.8 Å². The summed E-state index contributed by atoms with van der Waals surface area (Å²) in [7, 11) is 0. The Morgan fingerprint density at radius 2 is 2.16 bits per heavy atom. The number of allylic oxidation sites excluding steroid dienone is 1. The van der Waals surface area contributed by atoms with Gasteiger partial charge >= 0.3 is 5.97 Å². The van der Waals surface area contributed by atoms with Gasteiger partial charge in [-0.1, -0.05) is 6.58 Å². The Morgan fingerprint density at radius 3 is 2.68 bits per heavy atom. The topological polar surface area (TPSA) is 46.5 Å². The van der Waals surface area contributed by atoms with Gasteiger partial charge < -0.3 is 9.84 Å². The first-order chi connectivity index (χ1) is 8.93. The maximum Gasteiger partial charge on any atom is 0.302 e. The maximum absolute atomic E-state index is 13.5. The van der Waals surface area contributed by atoms with Gasteiger partial charge in [-0.3, -0.25) is 4.79 Å². The number of carbonyl (C=O) groups is 1. The van der Waals surface area contributed by atoms with E-state index in [0.29, 0.717) is 5.57 Å². The average Bonchev–Trinajstić information content (AvgIpc) is 2.33. The summed E-state index contributed by atoms with van der Waals surface area (Å²) in [5.74, 6) is -2.17. The van der Waals surface area contributed by atoms with Gasteiger partial charge in [-0.15, -0.1) is 0 Å². The average molecular weight is 270 g/mol. The molecule has 19 heavy (non-hydrogen) atoms. The molecular formula is C14H16F2O3. The van der Waals surface area contributed by atoms with Crippen molar-refractivity contribution in [3.05, 3.63) is 42.0 Å². The molecule has 1 atom stereocenters. The van der Waals surface area contributed by atoms with Crippen LogP contribution in [0.3, 0.4) is 0 Å². The first-order valence-corrected chi connectivity index (χ1v) is 5.81. The second-order valence-electron chi connectivity index (χ2n) is 4.28. The molecule has 104 valence electrons. The zero-order valence-electron chi connectivity index (χ0n) is 10.7. The molecule has 0 spiro atoms. The van der Waals surface area contributed by atoms with Crippen molar-refractivity contribution in [3.63, 3.8) is 0 Å². The summed E-state index contributed by atoms with van der Waals surface area (Å²) in [4.78, 5) is 10.7. The highest BCUT2D eigenvalue weighted by Crippen LogP contribution is 2.24. The van der Waals surface area contributed by atoms with Crippen LogP contribution in [0.1, 0.15) is 18.9 Å². The largest absolute Gasteiger partial charge is 0.465 e. The summed E-state index contributed by atoms with van der Waals surface area (Å²) >= 11 is 0. The minimum absolute atomic E-state index is 0.0354. The van der Waals surface area contributed by atoms with E-state index < -0.39 is 17.6 Å². The standard InChI is InChI=1S/C14H16F2O3/c1-9(5-11(7-17)8-19-10(2)18)13-4-3-12(15)6-14(13)16/h3-4,6,11,17H,1,5,7-8H2,2H3/t11-/m1/s1. The quantitative estimate of drug-likeness (QED) is 0.808. The Hall–Kier alpha value is -1.75. The zero-order chi connectivity index (χ0) is 14.4. The number of hydrogen-bond acceptors (Lipinski definition) is 3. The van der Waals surface area contributed by atoms with Gasteiger partial charge in [-0.2, -0.15) is 0 Å². The highest BCUT2D eigenvalue weighted by molar-refractivity contribution is 5.66. The smallest absolute Gasteiger partial charge is 0.302 e. The number of aliphatic hydroxyl groups excluding tert-OH is 1. The molecule has 1 aromatic carbocycles. The number of ether oxygens (including phenoxy) is 1. The van der Waals surface area contributed by atoms with Crippen molar-refractivity contribution in [3.8, 4) is 0 Å². The van der Waals surface area contributed by atoms with Crippen molar-refractivity contribution in [1.29, 1.82) is 0 Å². The molecule has 0 aliphatic rings. The number of esters is 1. The van der Waals surface area contributed by atoms with Crippen LogP contribution in [0.4, 0.5) is 8.78 Å². The van der Waals surface area contributed by atoms with Crippen LogP contribution in [0.25, 0.3) is 5.57 Å². The molecule has 0 amide bonds. The van der Waals surface area contributed by atoms with E-state index >= 15 is 0 Å². The van der Waals surface area contributed by atoms with Gasteiger partial charge in [0.25, 0.3) is 0 Å². The fourth-order valence-electron chi connectivity index (χ4n) is 1.65. The van der Waals surface area contributed by atoms with Crippen molar-refractivity contribution in [1.82, 2.24) is 0 Å². The van der Waals surface area contributed by atoms with Crippen LogP contribution in [-0.2, 0) is 9.53 Å². The molecule has 3 nitrogen and oxygen atoms in total. The van der Waals surface area contributed by atoms with E-state index in [1.165, 1.54) is 13.0 Å². The molecule has 1 N–H and O–H groups in total. The second-order valence-corrected chi connectivity index (χ2v) is 4.28. The summed E-state index contributed by atoms with van der Waals surface area (Å²) in [6, 6.07) is 3.22. The third kappa shape index (κ3) is 4.79. The molecule has 0 saturated heterocycles. The summed E-state index contributed by atoms with van der Waals surface area (Å²) < 4.78 is 31.1. The van der Waals surface area contributed by atoms with Crippen LogP contribution in [0.5, 0.6) is 0 Å². The summed E-state index contributed by atoms with van der Waals surface area (Å²) in [6.07, 6.45) is 0.256. The number of benzene rings is 1. The molecule has 0 bridgehead atoms. The first kappa shape index (κ1) is 15.3. The highest BCUT2D eigenvalue weighted by Gasteiger charge is 2.15. The van der Waals surface area contributed by atoms with Gasteiger partial charge in [0.1, 0.15) is 11.6 Å². The van der Waals surface area contributed by atoms with Crippen molar-refractivity contribution < 1.29 is 23.4 Å². The molecule has 0 heterocycles. The molecule has 1 aromatic rings. The van der Waals surface area contributed by atoms with E-state index in [-0.39, 0.29) is 31.1 Å². The van der Waals surface area contributed by atoms with E-state index in [1.54, 1.807) is 0 Å². The van der Waals surface area contributed by atoms with Gasteiger partial charge in [0.05, 0.1) is 6.61 Å². The van der Waals surface area contributed by atoms with E-state index in [1.807, 2.05) is 0 Å². The van der Waals surface area contributed by atoms with Gasteiger partial charge in [0.2, 0.25) is 0 Å². The van der Waals surface area contributed by atoms with E-state index in [0.717, 1.165) is 12.1 Å². The van der Waals surface area contributed by atoms with Crippen LogP contribution in [0, 0.1) is 17.6 Å². The number of aliphatic hydroxyl groups is 1. The monoisotopic (exact) mass is 270 g/mol. The molecule has 0 saturated carbocycles. The molecule has 0 aliphatic heterocycles. The second kappa shape index (κ2) is 6.99. The Kier molecular flexibility index (Phi) is 5.63. The molecule has 0 aromatic heterocycles. The SMILES string of the molecule is C=C(C[C@H](CO)COC(C)=O)c1ccc(F)cc1F. The lowest BCUT2D eigenvalue weighted by molar-refractivity contribution is -0.142. The minimum Gasteiger partial charge on any atom is -0.465 e. The van der Waals surface area contributed by atoms with Gasteiger partial charge in [0.15, 0.2) is 0 Å². The lowest BCUT2D eigenvalue weighted by atomic mass is 9.96. The molecule has 1 rings (SSSR count). The Labute approximate surface area is 110 Å².